The molecule has 0 heterocycles. The van der Waals surface area contributed by atoms with Crippen LogP contribution < -0.4 is 15.3 Å². The first-order valence-corrected chi connectivity index (χ1v) is 11.3. The van der Waals surface area contributed by atoms with Gasteiger partial charge in [-0.1, -0.05) is 45.4 Å². The Hall–Kier alpha value is 0.0569. The monoisotopic (exact) mass is 327 g/mol. The van der Waals surface area contributed by atoms with Crippen LogP contribution in [-0.4, -0.2) is 34.2 Å². The van der Waals surface area contributed by atoms with Gasteiger partial charge in [0, 0.05) is 18.1 Å². The Labute approximate surface area is 139 Å². The molecule has 0 spiro atoms. The summed E-state index contributed by atoms with van der Waals surface area (Å²) in [6.07, 6.45) is 14.8. The summed E-state index contributed by atoms with van der Waals surface area (Å²) in [5, 5.41) is 3.47. The molecule has 2 aliphatic rings. The molecule has 0 aliphatic heterocycles. The van der Waals surface area contributed by atoms with Crippen LogP contribution in [0.15, 0.2) is 0 Å². The molecule has 130 valence electrons. The predicted molar refractivity (Wildman–Crippen MR) is 96.0 cm³/mol. The molecule has 1 unspecified atom stereocenters. The van der Waals surface area contributed by atoms with E-state index in [1.807, 2.05) is 0 Å². The second kappa shape index (κ2) is 10.8. The molecule has 2 saturated carbocycles. The van der Waals surface area contributed by atoms with Crippen LogP contribution in [0.5, 0.6) is 0 Å². The van der Waals surface area contributed by atoms with E-state index in [0.29, 0.717) is 24.9 Å². The fraction of sp³-hybridized carbons (Fsp3) is 1.00. The molecule has 0 bridgehead atoms. The molecule has 0 radical (unpaired) electrons. The van der Waals surface area contributed by atoms with Crippen molar-refractivity contribution in [2.24, 2.45) is 0 Å². The normalized spacial score (nSPS) is 23.0. The molecule has 3 N–H and O–H groups in total. The van der Waals surface area contributed by atoms with Crippen LogP contribution in [0, 0.1) is 0 Å². The van der Waals surface area contributed by atoms with Crippen molar-refractivity contribution in [1.29, 1.82) is 0 Å². The zero-order valence-electron chi connectivity index (χ0n) is 14.7. The second-order valence-electron chi connectivity index (χ2n) is 7.21. The molecule has 0 saturated heterocycles. The standard InChI is InChI=1S/C17H37N3OSi/c1-3-15(2)18-14-21-22(19-16-10-6-4-7-11-16)20-17-12-8-5-9-13-17/h15-20,22H,3-14H2,1-2H3. The summed E-state index contributed by atoms with van der Waals surface area (Å²) >= 11 is 0. The molecule has 2 fully saturated rings. The SMILES string of the molecule is CCC(C)NCO[SiH](NC1CCCCC1)NC1CCCCC1. The van der Waals surface area contributed by atoms with Gasteiger partial charge in [-0.25, -0.2) is 0 Å². The number of hydrogen-bond donors (Lipinski definition) is 3. The van der Waals surface area contributed by atoms with E-state index in [2.05, 4.69) is 29.1 Å². The Morgan fingerprint density at radius 2 is 1.41 bits per heavy atom. The van der Waals surface area contributed by atoms with Gasteiger partial charge in [-0.15, -0.1) is 0 Å². The molecule has 2 aliphatic carbocycles. The predicted octanol–water partition coefficient (Wildman–Crippen LogP) is 2.91. The van der Waals surface area contributed by atoms with Crippen molar-refractivity contribution in [1.82, 2.24) is 15.3 Å². The first-order chi connectivity index (χ1) is 10.8. The Balaban J connectivity index is 1.76. The topological polar surface area (TPSA) is 45.3 Å². The third-order valence-corrected chi connectivity index (χ3v) is 7.33. The van der Waals surface area contributed by atoms with Gasteiger partial charge in [-0.2, -0.15) is 0 Å². The highest BCUT2D eigenvalue weighted by atomic mass is 28.3. The van der Waals surface area contributed by atoms with Gasteiger partial charge in [0.2, 0.25) is 0 Å². The summed E-state index contributed by atoms with van der Waals surface area (Å²) in [6.45, 7) is 5.13. The van der Waals surface area contributed by atoms with Gasteiger partial charge in [0.15, 0.2) is 0 Å². The molecule has 2 rings (SSSR count). The lowest BCUT2D eigenvalue weighted by molar-refractivity contribution is 0.238. The van der Waals surface area contributed by atoms with E-state index in [-0.39, 0.29) is 0 Å². The van der Waals surface area contributed by atoms with E-state index in [4.69, 9.17) is 4.43 Å². The van der Waals surface area contributed by atoms with Crippen LogP contribution in [0.3, 0.4) is 0 Å². The molecular weight excluding hydrogens is 290 g/mol. The summed E-state index contributed by atoms with van der Waals surface area (Å²) in [6, 6.07) is 1.91. The van der Waals surface area contributed by atoms with Crippen molar-refractivity contribution in [2.75, 3.05) is 6.73 Å². The quantitative estimate of drug-likeness (QED) is 0.450. The minimum Gasteiger partial charge on any atom is -0.381 e. The van der Waals surface area contributed by atoms with E-state index in [1.54, 1.807) is 0 Å². The fourth-order valence-electron chi connectivity index (χ4n) is 3.53. The summed E-state index contributed by atoms with van der Waals surface area (Å²) in [5.74, 6) is 0. The van der Waals surface area contributed by atoms with Gasteiger partial charge in [-0.05, 0) is 39.0 Å². The third-order valence-electron chi connectivity index (χ3n) is 5.28. The van der Waals surface area contributed by atoms with Crippen molar-refractivity contribution in [2.45, 2.75) is 103 Å². The summed E-state index contributed by atoms with van der Waals surface area (Å²) in [5.41, 5.74) is 0. The van der Waals surface area contributed by atoms with E-state index in [9.17, 15) is 0 Å². The molecule has 0 aromatic rings. The number of rotatable bonds is 9. The van der Waals surface area contributed by atoms with Crippen LogP contribution in [0.2, 0.25) is 0 Å². The highest BCUT2D eigenvalue weighted by Crippen LogP contribution is 2.19. The van der Waals surface area contributed by atoms with Crippen molar-refractivity contribution in [3.63, 3.8) is 0 Å². The highest BCUT2D eigenvalue weighted by molar-refractivity contribution is 6.46. The lowest BCUT2D eigenvalue weighted by atomic mass is 9.96. The van der Waals surface area contributed by atoms with Crippen molar-refractivity contribution >= 4 is 9.36 Å². The van der Waals surface area contributed by atoms with Gasteiger partial charge >= 0.3 is 9.36 Å². The molecule has 0 aromatic carbocycles. The van der Waals surface area contributed by atoms with Gasteiger partial charge < -0.3 is 14.4 Å². The molecule has 1 atom stereocenters. The van der Waals surface area contributed by atoms with Gasteiger partial charge in [0.25, 0.3) is 0 Å². The minimum atomic E-state index is -1.51. The molecule has 4 nitrogen and oxygen atoms in total. The summed E-state index contributed by atoms with van der Waals surface area (Å²) in [4.78, 5) is 7.72. The minimum absolute atomic E-state index is 0.541. The van der Waals surface area contributed by atoms with Crippen LogP contribution in [0.4, 0.5) is 0 Å². The second-order valence-corrected chi connectivity index (χ2v) is 8.97. The van der Waals surface area contributed by atoms with E-state index in [1.165, 1.54) is 64.2 Å². The molecular formula is C17H37N3OSi. The first-order valence-electron chi connectivity index (χ1n) is 9.65. The zero-order chi connectivity index (χ0) is 15.6. The van der Waals surface area contributed by atoms with Gasteiger partial charge in [-0.3, -0.25) is 5.32 Å². The maximum atomic E-state index is 6.23. The van der Waals surface area contributed by atoms with Crippen LogP contribution in [-0.2, 0) is 4.43 Å². The lowest BCUT2D eigenvalue weighted by Gasteiger charge is -2.32. The fourth-order valence-corrected chi connectivity index (χ4v) is 5.60. The summed E-state index contributed by atoms with van der Waals surface area (Å²) < 4.78 is 6.23. The van der Waals surface area contributed by atoms with E-state index < -0.39 is 9.36 Å². The highest BCUT2D eigenvalue weighted by Gasteiger charge is 2.24. The van der Waals surface area contributed by atoms with Crippen molar-refractivity contribution in [3.05, 3.63) is 0 Å². The van der Waals surface area contributed by atoms with E-state index >= 15 is 0 Å². The average molecular weight is 328 g/mol. The molecule has 5 heteroatoms. The Morgan fingerprint density at radius 1 is 0.909 bits per heavy atom. The van der Waals surface area contributed by atoms with E-state index in [0.717, 1.165) is 6.42 Å². The van der Waals surface area contributed by atoms with Crippen molar-refractivity contribution in [3.8, 4) is 0 Å². The van der Waals surface area contributed by atoms with Crippen LogP contribution >= 0.6 is 0 Å². The number of hydrogen-bond acceptors (Lipinski definition) is 4. The van der Waals surface area contributed by atoms with Gasteiger partial charge in [0.05, 0.1) is 6.73 Å². The molecule has 0 aromatic heterocycles. The van der Waals surface area contributed by atoms with Crippen LogP contribution in [0.25, 0.3) is 0 Å². The Morgan fingerprint density at radius 3 is 1.86 bits per heavy atom. The maximum absolute atomic E-state index is 6.23. The third kappa shape index (κ3) is 7.09. The van der Waals surface area contributed by atoms with Crippen LogP contribution in [0.1, 0.15) is 84.5 Å². The molecule has 0 amide bonds. The zero-order valence-corrected chi connectivity index (χ0v) is 15.9. The largest absolute Gasteiger partial charge is 0.381 e. The Kier molecular flexibility index (Phi) is 9.00. The lowest BCUT2D eigenvalue weighted by Crippen LogP contribution is -2.58. The van der Waals surface area contributed by atoms with Crippen molar-refractivity contribution < 1.29 is 4.43 Å². The average Bonchev–Trinajstić information content (AvgIpc) is 2.56. The Bertz CT molecular complexity index is 261. The molecule has 22 heavy (non-hydrogen) atoms. The smallest absolute Gasteiger partial charge is 0.336 e. The summed E-state index contributed by atoms with van der Waals surface area (Å²) in [7, 11) is -1.51. The maximum Gasteiger partial charge on any atom is 0.336 e. The van der Waals surface area contributed by atoms with Gasteiger partial charge in [0.1, 0.15) is 0 Å². The number of nitrogens with one attached hydrogen (secondary N) is 3. The first kappa shape index (κ1) is 18.4.